The zero-order valence-electron chi connectivity index (χ0n) is 15.1. The van der Waals surface area contributed by atoms with E-state index < -0.39 is 17.3 Å². The lowest BCUT2D eigenvalue weighted by molar-refractivity contribution is -0.245. The molecule has 2 aliphatic rings. The van der Waals surface area contributed by atoms with Gasteiger partial charge in [0.1, 0.15) is 18.2 Å². The van der Waals surface area contributed by atoms with Crippen molar-refractivity contribution in [3.05, 3.63) is 36.5 Å². The highest BCUT2D eigenvalue weighted by molar-refractivity contribution is 5.83. The summed E-state index contributed by atoms with van der Waals surface area (Å²) in [6.07, 6.45) is 2.54. The van der Waals surface area contributed by atoms with Crippen LogP contribution in [0.3, 0.4) is 0 Å². The number of likely N-dealkylation sites (tertiary alicyclic amines) is 1. The molecule has 2 fully saturated rings. The number of carbonyl (C=O) groups is 1. The predicted molar refractivity (Wildman–Crippen MR) is 97.7 cm³/mol. The maximum Gasteiger partial charge on any atom is 0.242 e. The van der Waals surface area contributed by atoms with Gasteiger partial charge in [0.25, 0.3) is 0 Å². The zero-order chi connectivity index (χ0) is 18.4. The first-order valence-electron chi connectivity index (χ1n) is 9.27. The number of carbonyl (C=O) groups excluding carboxylic acids is 1. The fraction of sp³-hybridized carbons (Fsp3) is 0.550. The third kappa shape index (κ3) is 2.92. The molecule has 2 saturated heterocycles. The molecule has 6 heteroatoms. The monoisotopic (exact) mass is 358 g/mol. The Hall–Kier alpha value is -1.89. The van der Waals surface area contributed by atoms with Gasteiger partial charge in [-0.2, -0.15) is 0 Å². The van der Waals surface area contributed by atoms with E-state index in [-0.39, 0.29) is 5.91 Å². The number of aliphatic hydroxyl groups excluding tert-OH is 1. The Labute approximate surface area is 153 Å². The summed E-state index contributed by atoms with van der Waals surface area (Å²) in [4.78, 5) is 14.6. The Kier molecular flexibility index (Phi) is 4.29. The Morgan fingerprint density at radius 2 is 1.96 bits per heavy atom. The number of aromatic nitrogens is 1. The molecular weight excluding hydrogens is 332 g/mol. The summed E-state index contributed by atoms with van der Waals surface area (Å²) in [6.45, 7) is 3.47. The van der Waals surface area contributed by atoms with Crippen LogP contribution >= 0.6 is 0 Å². The average molecular weight is 358 g/mol. The molecular formula is C20H26N2O4. The van der Waals surface area contributed by atoms with Crippen molar-refractivity contribution >= 4 is 16.8 Å². The summed E-state index contributed by atoms with van der Waals surface area (Å²) >= 11 is 0. The van der Waals surface area contributed by atoms with E-state index in [1.165, 1.54) is 0 Å². The maximum atomic E-state index is 12.7. The fourth-order valence-corrected chi connectivity index (χ4v) is 4.32. The number of rotatable bonds is 2. The van der Waals surface area contributed by atoms with Crippen LogP contribution < -0.4 is 0 Å². The van der Waals surface area contributed by atoms with Crippen molar-refractivity contribution in [2.75, 3.05) is 19.7 Å². The molecule has 26 heavy (non-hydrogen) atoms. The fourth-order valence-electron chi connectivity index (χ4n) is 4.32. The minimum Gasteiger partial charge on any atom is -0.387 e. The molecule has 2 N–H and O–H groups in total. The molecule has 2 aliphatic heterocycles. The first-order chi connectivity index (χ1) is 12.4. The maximum absolute atomic E-state index is 12.7. The molecule has 0 unspecified atom stereocenters. The highest BCUT2D eigenvalue weighted by Gasteiger charge is 2.52. The van der Waals surface area contributed by atoms with Crippen LogP contribution in [0.2, 0.25) is 0 Å². The molecule has 140 valence electrons. The average Bonchev–Trinajstić information content (AvgIpc) is 3.03. The number of para-hydroxylation sites is 1. The third-order valence-corrected chi connectivity index (χ3v) is 6.03. The van der Waals surface area contributed by atoms with Crippen molar-refractivity contribution in [1.82, 2.24) is 9.47 Å². The number of benzene rings is 1. The van der Waals surface area contributed by atoms with Gasteiger partial charge in [-0.05, 0) is 37.3 Å². The van der Waals surface area contributed by atoms with Gasteiger partial charge >= 0.3 is 0 Å². The number of amides is 1. The highest BCUT2D eigenvalue weighted by Crippen LogP contribution is 2.39. The van der Waals surface area contributed by atoms with Gasteiger partial charge in [-0.15, -0.1) is 0 Å². The van der Waals surface area contributed by atoms with E-state index >= 15 is 0 Å². The van der Waals surface area contributed by atoms with Crippen LogP contribution in [0, 0.1) is 0 Å². The van der Waals surface area contributed by atoms with Crippen LogP contribution in [0.15, 0.2) is 36.5 Å². The van der Waals surface area contributed by atoms with Crippen LogP contribution in [-0.2, 0) is 16.1 Å². The summed E-state index contributed by atoms with van der Waals surface area (Å²) in [6, 6.07) is 10.0. The topological polar surface area (TPSA) is 74.9 Å². The summed E-state index contributed by atoms with van der Waals surface area (Å²) in [7, 11) is 0. The molecule has 6 nitrogen and oxygen atoms in total. The number of hydrogen-bond donors (Lipinski definition) is 2. The zero-order valence-corrected chi connectivity index (χ0v) is 15.1. The summed E-state index contributed by atoms with van der Waals surface area (Å²) in [5.74, 6) is 0.0678. The summed E-state index contributed by atoms with van der Waals surface area (Å²) in [5, 5.41) is 22.1. The van der Waals surface area contributed by atoms with Crippen molar-refractivity contribution in [3.8, 4) is 0 Å². The number of fused-ring (bicyclic) bond motifs is 1. The van der Waals surface area contributed by atoms with E-state index in [1.54, 1.807) is 6.92 Å². The van der Waals surface area contributed by atoms with E-state index in [1.807, 2.05) is 46.0 Å². The molecule has 1 spiro atoms. The quantitative estimate of drug-likeness (QED) is 0.854. The van der Waals surface area contributed by atoms with E-state index in [9.17, 15) is 15.0 Å². The molecule has 2 aromatic rings. The van der Waals surface area contributed by atoms with Crippen LogP contribution in [0.1, 0.15) is 26.2 Å². The van der Waals surface area contributed by atoms with Gasteiger partial charge in [-0.25, -0.2) is 0 Å². The van der Waals surface area contributed by atoms with Gasteiger partial charge in [-0.1, -0.05) is 18.2 Å². The molecule has 1 amide bonds. The number of hydrogen-bond acceptors (Lipinski definition) is 4. The van der Waals surface area contributed by atoms with E-state index in [0.29, 0.717) is 45.5 Å². The Balaban J connectivity index is 1.42. The minimum absolute atomic E-state index is 0.0678. The lowest BCUT2D eigenvalue weighted by Gasteiger charge is -2.51. The smallest absolute Gasteiger partial charge is 0.242 e. The van der Waals surface area contributed by atoms with Gasteiger partial charge in [0, 0.05) is 31.2 Å². The van der Waals surface area contributed by atoms with Gasteiger partial charge in [0.2, 0.25) is 5.91 Å². The normalized spacial score (nSPS) is 28.6. The minimum atomic E-state index is -1.13. The van der Waals surface area contributed by atoms with E-state index in [0.717, 1.165) is 10.9 Å². The lowest BCUT2D eigenvalue weighted by atomic mass is 9.75. The van der Waals surface area contributed by atoms with Crippen molar-refractivity contribution < 1.29 is 19.7 Å². The molecule has 0 saturated carbocycles. The van der Waals surface area contributed by atoms with Crippen molar-refractivity contribution in [2.45, 2.75) is 50.0 Å². The first kappa shape index (κ1) is 17.5. The van der Waals surface area contributed by atoms with E-state index in [2.05, 4.69) is 0 Å². The van der Waals surface area contributed by atoms with Crippen LogP contribution in [-0.4, -0.2) is 62.6 Å². The molecule has 3 heterocycles. The molecule has 0 radical (unpaired) electrons. The van der Waals surface area contributed by atoms with Gasteiger partial charge in [-0.3, -0.25) is 4.79 Å². The molecule has 1 aromatic heterocycles. The molecule has 2 atom stereocenters. The molecule has 0 aliphatic carbocycles. The van der Waals surface area contributed by atoms with Crippen molar-refractivity contribution in [1.29, 1.82) is 0 Å². The third-order valence-electron chi connectivity index (χ3n) is 6.03. The summed E-state index contributed by atoms with van der Waals surface area (Å²) < 4.78 is 7.86. The number of aliphatic hydroxyl groups is 2. The van der Waals surface area contributed by atoms with E-state index in [4.69, 9.17) is 4.74 Å². The van der Waals surface area contributed by atoms with Gasteiger partial charge < -0.3 is 24.4 Å². The van der Waals surface area contributed by atoms with Crippen LogP contribution in [0.25, 0.3) is 10.9 Å². The van der Waals surface area contributed by atoms with Gasteiger partial charge in [0.15, 0.2) is 0 Å². The standard InChI is InChI=1S/C20H26N2O4/c1-19(25)9-13-26-20(18(19)24)7-11-21(12-8-20)17(23)14-22-10-6-15-4-2-3-5-16(15)22/h2-6,10,18,24-25H,7-9,11-14H2,1H3/t18-,19+/m0/s1. The second-order valence-corrected chi connectivity index (χ2v) is 7.81. The summed E-state index contributed by atoms with van der Waals surface area (Å²) in [5.41, 5.74) is -0.816. The SMILES string of the molecule is C[C@@]1(O)CCOC2(CCN(C(=O)Cn3ccc4ccccc43)CC2)[C@H]1O. The number of nitrogens with zero attached hydrogens (tertiary/aromatic N) is 2. The van der Waals surface area contributed by atoms with Gasteiger partial charge in [0.05, 0.1) is 12.2 Å². The highest BCUT2D eigenvalue weighted by atomic mass is 16.5. The van der Waals surface area contributed by atoms with Crippen molar-refractivity contribution in [2.24, 2.45) is 0 Å². The van der Waals surface area contributed by atoms with Crippen LogP contribution in [0.4, 0.5) is 0 Å². The van der Waals surface area contributed by atoms with Crippen LogP contribution in [0.5, 0.6) is 0 Å². The Morgan fingerprint density at radius 3 is 2.73 bits per heavy atom. The second-order valence-electron chi connectivity index (χ2n) is 7.81. The predicted octanol–water partition coefficient (Wildman–Crippen LogP) is 1.53. The second kappa shape index (κ2) is 6.37. The Bertz CT molecular complexity index is 805. The largest absolute Gasteiger partial charge is 0.387 e. The Morgan fingerprint density at radius 1 is 1.23 bits per heavy atom. The lowest BCUT2D eigenvalue weighted by Crippen LogP contribution is -2.64. The number of ether oxygens (including phenoxy) is 1. The molecule has 4 rings (SSSR count). The van der Waals surface area contributed by atoms with Crippen molar-refractivity contribution in [3.63, 3.8) is 0 Å². The molecule has 1 aromatic carbocycles. The molecule has 0 bridgehead atoms. The first-order valence-corrected chi connectivity index (χ1v) is 9.27. The number of piperidine rings is 1.